The number of hydrogen-bond acceptors (Lipinski definition) is 6. The van der Waals surface area contributed by atoms with Crippen LogP contribution in [0.15, 0.2) is 53.6 Å². The lowest BCUT2D eigenvalue weighted by atomic mass is 9.91. The number of pyridine rings is 1. The molecule has 158 valence electrons. The van der Waals surface area contributed by atoms with Gasteiger partial charge in [0.1, 0.15) is 22.6 Å². The molecule has 0 saturated heterocycles. The first-order chi connectivity index (χ1) is 15.1. The Morgan fingerprint density at radius 2 is 1.94 bits per heavy atom. The van der Waals surface area contributed by atoms with E-state index in [2.05, 4.69) is 30.1 Å². The minimum Gasteiger partial charge on any atom is -0.497 e. The van der Waals surface area contributed by atoms with Gasteiger partial charge < -0.3 is 14.4 Å². The number of likely N-dealkylation sites (N-methyl/N-ethyl adjacent to an activating group) is 1. The smallest absolute Gasteiger partial charge is 0.127 e. The number of nitrogens with zero attached hydrogens (tertiary/aromatic N) is 3. The molecular formula is C25H25N3O2S. The molecule has 2 heterocycles. The molecular weight excluding hydrogens is 406 g/mol. The van der Waals surface area contributed by atoms with Gasteiger partial charge >= 0.3 is 0 Å². The van der Waals surface area contributed by atoms with Crippen LogP contribution in [0.5, 0.6) is 11.5 Å². The van der Waals surface area contributed by atoms with E-state index in [0.29, 0.717) is 5.56 Å². The Morgan fingerprint density at radius 3 is 2.65 bits per heavy atom. The summed E-state index contributed by atoms with van der Waals surface area (Å²) >= 11 is 1.61. The number of nitriles is 1. The number of methoxy groups -OCH3 is 2. The molecule has 3 aromatic rings. The lowest BCUT2D eigenvalue weighted by Gasteiger charge is -2.28. The van der Waals surface area contributed by atoms with Crippen molar-refractivity contribution in [1.29, 1.82) is 5.26 Å². The van der Waals surface area contributed by atoms with Gasteiger partial charge in [0.25, 0.3) is 0 Å². The van der Waals surface area contributed by atoms with Crippen molar-refractivity contribution < 1.29 is 9.47 Å². The zero-order valence-corrected chi connectivity index (χ0v) is 18.8. The van der Waals surface area contributed by atoms with Gasteiger partial charge in [0, 0.05) is 42.1 Å². The fourth-order valence-corrected chi connectivity index (χ4v) is 4.87. The minimum absolute atomic E-state index is 0.599. The lowest BCUT2D eigenvalue weighted by molar-refractivity contribution is 0.309. The van der Waals surface area contributed by atoms with Gasteiger partial charge in [-0.05, 0) is 36.4 Å². The Bertz CT molecular complexity index is 1130. The first-order valence-electron chi connectivity index (χ1n) is 10.2. The number of ether oxygens (including phenoxy) is 2. The molecule has 4 rings (SSSR count). The van der Waals surface area contributed by atoms with Crippen LogP contribution in [0.1, 0.15) is 22.4 Å². The molecule has 0 N–H and O–H groups in total. The number of rotatable bonds is 6. The molecule has 0 fully saturated rings. The van der Waals surface area contributed by atoms with E-state index in [1.807, 2.05) is 36.4 Å². The molecule has 0 unspecified atom stereocenters. The predicted molar refractivity (Wildman–Crippen MR) is 124 cm³/mol. The molecule has 0 radical (unpaired) electrons. The van der Waals surface area contributed by atoms with Crippen LogP contribution >= 0.6 is 11.8 Å². The summed E-state index contributed by atoms with van der Waals surface area (Å²) in [5, 5.41) is 11.0. The molecule has 1 aliphatic rings. The molecule has 1 aromatic heterocycles. The van der Waals surface area contributed by atoms with Crippen LogP contribution in [-0.2, 0) is 18.7 Å². The van der Waals surface area contributed by atoms with Gasteiger partial charge in [-0.1, -0.05) is 30.3 Å². The number of aromatic nitrogens is 1. The average molecular weight is 432 g/mol. The van der Waals surface area contributed by atoms with Gasteiger partial charge in [0.05, 0.1) is 19.8 Å². The van der Waals surface area contributed by atoms with E-state index >= 15 is 0 Å². The van der Waals surface area contributed by atoms with E-state index in [0.717, 1.165) is 64.2 Å². The van der Waals surface area contributed by atoms with Crippen LogP contribution in [0.4, 0.5) is 0 Å². The summed E-state index contributed by atoms with van der Waals surface area (Å²) in [6.07, 6.45) is 0.857. The normalized spacial score (nSPS) is 13.4. The third-order valence-corrected chi connectivity index (χ3v) is 6.56. The summed E-state index contributed by atoms with van der Waals surface area (Å²) in [5.74, 6) is 2.21. The van der Waals surface area contributed by atoms with Crippen molar-refractivity contribution in [1.82, 2.24) is 9.88 Å². The largest absolute Gasteiger partial charge is 0.497 e. The molecule has 31 heavy (non-hydrogen) atoms. The zero-order chi connectivity index (χ0) is 21.8. The van der Waals surface area contributed by atoms with Crippen LogP contribution in [0.25, 0.3) is 11.1 Å². The van der Waals surface area contributed by atoms with Crippen LogP contribution < -0.4 is 9.47 Å². The third kappa shape index (κ3) is 4.39. The zero-order valence-electron chi connectivity index (χ0n) is 18.0. The summed E-state index contributed by atoms with van der Waals surface area (Å²) in [6, 6.07) is 18.4. The number of fused-ring (bicyclic) bond motifs is 1. The van der Waals surface area contributed by atoms with Crippen LogP contribution in [0, 0.1) is 11.3 Å². The highest BCUT2D eigenvalue weighted by Gasteiger charge is 2.27. The van der Waals surface area contributed by atoms with Gasteiger partial charge in [-0.25, -0.2) is 4.98 Å². The Hall–Kier alpha value is -3.01. The Kier molecular flexibility index (Phi) is 6.45. The highest BCUT2D eigenvalue weighted by molar-refractivity contribution is 7.98. The Balaban J connectivity index is 1.89. The average Bonchev–Trinajstić information content (AvgIpc) is 2.82. The second-order valence-corrected chi connectivity index (χ2v) is 8.50. The maximum atomic E-state index is 10.2. The monoisotopic (exact) mass is 431 g/mol. The first-order valence-corrected chi connectivity index (χ1v) is 11.2. The summed E-state index contributed by atoms with van der Waals surface area (Å²) in [4.78, 5) is 7.22. The van der Waals surface area contributed by atoms with Gasteiger partial charge in [0.2, 0.25) is 0 Å². The Labute approximate surface area is 187 Å². The van der Waals surface area contributed by atoms with Crippen LogP contribution in [0.3, 0.4) is 0 Å². The molecule has 1 aliphatic heterocycles. The molecule has 0 bridgehead atoms. The van der Waals surface area contributed by atoms with E-state index in [9.17, 15) is 5.26 Å². The van der Waals surface area contributed by atoms with Crippen molar-refractivity contribution in [2.75, 3.05) is 27.8 Å². The van der Waals surface area contributed by atoms with Gasteiger partial charge in [-0.3, -0.25) is 0 Å². The van der Waals surface area contributed by atoms with Crippen LogP contribution in [0.2, 0.25) is 0 Å². The summed E-state index contributed by atoms with van der Waals surface area (Å²) in [6.45, 7) is 1.69. The maximum absolute atomic E-state index is 10.2. The summed E-state index contributed by atoms with van der Waals surface area (Å²) in [7, 11) is 5.40. The van der Waals surface area contributed by atoms with Gasteiger partial charge in [-0.2, -0.15) is 5.26 Å². The first kappa shape index (κ1) is 21.2. The van der Waals surface area contributed by atoms with E-state index in [4.69, 9.17) is 14.5 Å². The Morgan fingerprint density at radius 1 is 1.13 bits per heavy atom. The van der Waals surface area contributed by atoms with E-state index in [1.165, 1.54) is 5.56 Å². The van der Waals surface area contributed by atoms with Crippen molar-refractivity contribution in [3.8, 4) is 28.7 Å². The second kappa shape index (κ2) is 9.42. The van der Waals surface area contributed by atoms with Crippen molar-refractivity contribution in [2.24, 2.45) is 0 Å². The molecule has 6 heteroatoms. The van der Waals surface area contributed by atoms with Crippen molar-refractivity contribution in [2.45, 2.75) is 23.7 Å². The van der Waals surface area contributed by atoms with Crippen molar-refractivity contribution >= 4 is 11.8 Å². The number of benzene rings is 2. The topological polar surface area (TPSA) is 58.4 Å². The molecule has 0 atom stereocenters. The minimum atomic E-state index is 0.599. The fourth-order valence-electron chi connectivity index (χ4n) is 3.91. The molecule has 0 saturated carbocycles. The third-order valence-electron chi connectivity index (χ3n) is 5.52. The second-order valence-electron chi connectivity index (χ2n) is 7.53. The fraction of sp³-hybridized carbons (Fsp3) is 0.280. The predicted octanol–water partition coefficient (Wildman–Crippen LogP) is 4.92. The lowest BCUT2D eigenvalue weighted by Crippen LogP contribution is -2.28. The maximum Gasteiger partial charge on any atom is 0.127 e. The van der Waals surface area contributed by atoms with E-state index in [-0.39, 0.29) is 0 Å². The van der Waals surface area contributed by atoms with E-state index in [1.54, 1.807) is 26.0 Å². The number of hydrogen-bond donors (Lipinski definition) is 0. The van der Waals surface area contributed by atoms with Gasteiger partial charge in [-0.15, -0.1) is 11.8 Å². The molecule has 0 amide bonds. The van der Waals surface area contributed by atoms with Gasteiger partial charge in [0.15, 0.2) is 0 Å². The molecule has 0 spiro atoms. The van der Waals surface area contributed by atoms with Crippen LogP contribution in [-0.4, -0.2) is 37.7 Å². The van der Waals surface area contributed by atoms with Crippen molar-refractivity contribution in [3.05, 3.63) is 70.9 Å². The van der Waals surface area contributed by atoms with Crippen molar-refractivity contribution in [3.63, 3.8) is 0 Å². The summed E-state index contributed by atoms with van der Waals surface area (Å²) in [5.41, 5.74) is 5.74. The standard InChI is InChI=1S/C25H25N3O2S/c1-28-12-11-22-21(15-28)24(19-13-18(29-2)9-10-23(19)30-3)20(14-26)25(27-22)31-16-17-7-5-4-6-8-17/h4-10,13H,11-12,15-16H2,1-3H3. The highest BCUT2D eigenvalue weighted by atomic mass is 32.2. The highest BCUT2D eigenvalue weighted by Crippen LogP contribution is 2.42. The molecule has 0 aliphatic carbocycles. The SMILES string of the molecule is COc1ccc(OC)c(-c2c(C#N)c(SCc3ccccc3)nc3c2CN(C)CC3)c1. The quantitative estimate of drug-likeness (QED) is 0.517. The summed E-state index contributed by atoms with van der Waals surface area (Å²) < 4.78 is 11.2. The molecule has 2 aromatic carbocycles. The molecule has 5 nitrogen and oxygen atoms in total. The number of thioether (sulfide) groups is 1. The van der Waals surface area contributed by atoms with E-state index < -0.39 is 0 Å².